The van der Waals surface area contributed by atoms with Crippen molar-refractivity contribution in [3.63, 3.8) is 0 Å². The molecule has 10 heteroatoms. The van der Waals surface area contributed by atoms with E-state index >= 15 is 0 Å². The van der Waals surface area contributed by atoms with Gasteiger partial charge in [-0.15, -0.1) is 11.3 Å². The first kappa shape index (κ1) is 23.7. The van der Waals surface area contributed by atoms with Crippen molar-refractivity contribution in [2.24, 2.45) is 5.92 Å². The first-order chi connectivity index (χ1) is 15.2. The molecule has 1 aromatic carbocycles. The zero-order valence-corrected chi connectivity index (χ0v) is 19.8. The molecule has 3 rings (SSSR count). The molecule has 2 N–H and O–H groups in total. The summed E-state index contributed by atoms with van der Waals surface area (Å²) >= 11 is 1.23. The maximum absolute atomic E-state index is 12.5. The number of hydrogen-bond donors (Lipinski definition) is 2. The number of hydrogen-bond acceptors (Lipinski definition) is 7. The van der Waals surface area contributed by atoms with Crippen LogP contribution in [-0.4, -0.2) is 36.8 Å². The summed E-state index contributed by atoms with van der Waals surface area (Å²) in [4.78, 5) is 21.3. The first-order valence-corrected chi connectivity index (χ1v) is 12.6. The summed E-state index contributed by atoms with van der Waals surface area (Å²) in [5.74, 6) is 0.874. The number of amides is 2. The van der Waals surface area contributed by atoms with Crippen LogP contribution in [0.3, 0.4) is 0 Å². The minimum atomic E-state index is -3.48. The summed E-state index contributed by atoms with van der Waals surface area (Å²) in [7, 11) is -3.48. The molecule has 0 unspecified atom stereocenters. The summed E-state index contributed by atoms with van der Waals surface area (Å²) in [6, 6.07) is 9.89. The van der Waals surface area contributed by atoms with Gasteiger partial charge in [0.15, 0.2) is 20.0 Å². The molecule has 0 saturated carbocycles. The van der Waals surface area contributed by atoms with Crippen molar-refractivity contribution in [1.82, 2.24) is 9.97 Å². The maximum Gasteiger partial charge on any atom is 0.325 e. The van der Waals surface area contributed by atoms with Gasteiger partial charge in [0, 0.05) is 17.3 Å². The van der Waals surface area contributed by atoms with Crippen LogP contribution in [0, 0.1) is 12.8 Å². The third-order valence-electron chi connectivity index (χ3n) is 4.31. The minimum absolute atomic E-state index is 0.0517. The van der Waals surface area contributed by atoms with E-state index in [4.69, 9.17) is 4.74 Å². The molecule has 0 fully saturated rings. The zero-order chi connectivity index (χ0) is 23.1. The lowest BCUT2D eigenvalue weighted by Gasteiger charge is -2.14. The van der Waals surface area contributed by atoms with Crippen molar-refractivity contribution in [3.8, 4) is 5.75 Å². The van der Waals surface area contributed by atoms with Crippen LogP contribution in [0.15, 0.2) is 53.8 Å². The van der Waals surface area contributed by atoms with E-state index in [1.807, 2.05) is 19.1 Å². The van der Waals surface area contributed by atoms with Gasteiger partial charge in [-0.3, -0.25) is 5.32 Å². The van der Waals surface area contributed by atoms with Crippen LogP contribution in [0.2, 0.25) is 0 Å². The SMILES string of the molecule is Cc1ccc(NC(=O)Nc2ncc(CCS(=O)(=O)c3ccccn3)s2)c(OCC(C)C)c1. The molecule has 2 aromatic heterocycles. The average Bonchev–Trinajstić information content (AvgIpc) is 3.20. The van der Waals surface area contributed by atoms with Gasteiger partial charge in [0.2, 0.25) is 0 Å². The molecule has 32 heavy (non-hydrogen) atoms. The molecule has 2 heterocycles. The van der Waals surface area contributed by atoms with Crippen LogP contribution >= 0.6 is 11.3 Å². The van der Waals surface area contributed by atoms with Gasteiger partial charge in [0.25, 0.3) is 0 Å². The van der Waals surface area contributed by atoms with E-state index in [1.165, 1.54) is 23.6 Å². The zero-order valence-electron chi connectivity index (χ0n) is 18.2. The highest BCUT2D eigenvalue weighted by atomic mass is 32.2. The first-order valence-electron chi connectivity index (χ1n) is 10.1. The second-order valence-corrected chi connectivity index (χ2v) is 10.8. The van der Waals surface area contributed by atoms with Gasteiger partial charge in [-0.2, -0.15) is 0 Å². The molecule has 0 aliphatic rings. The highest BCUT2D eigenvalue weighted by Gasteiger charge is 2.17. The minimum Gasteiger partial charge on any atom is -0.491 e. The Morgan fingerprint density at radius 1 is 1.16 bits per heavy atom. The van der Waals surface area contributed by atoms with E-state index in [-0.39, 0.29) is 17.2 Å². The molecule has 0 atom stereocenters. The van der Waals surface area contributed by atoms with Gasteiger partial charge >= 0.3 is 6.03 Å². The number of carbonyl (C=O) groups is 1. The van der Waals surface area contributed by atoms with Gasteiger partial charge in [-0.05, 0) is 49.1 Å². The van der Waals surface area contributed by atoms with Crippen LogP contribution < -0.4 is 15.4 Å². The third-order valence-corrected chi connectivity index (χ3v) is 6.90. The summed E-state index contributed by atoms with van der Waals surface area (Å²) < 4.78 is 30.6. The van der Waals surface area contributed by atoms with Crippen molar-refractivity contribution in [1.29, 1.82) is 0 Å². The molecule has 0 bridgehead atoms. The van der Waals surface area contributed by atoms with Gasteiger partial charge in [0.05, 0.1) is 18.0 Å². The van der Waals surface area contributed by atoms with E-state index < -0.39 is 15.9 Å². The predicted octanol–water partition coefficient (Wildman–Crippen LogP) is 4.54. The third kappa shape index (κ3) is 6.76. The number of ether oxygens (including phenoxy) is 1. The Bertz CT molecular complexity index is 1160. The number of pyridine rings is 1. The highest BCUT2D eigenvalue weighted by molar-refractivity contribution is 7.91. The monoisotopic (exact) mass is 474 g/mol. The smallest absolute Gasteiger partial charge is 0.325 e. The molecule has 3 aromatic rings. The fourth-order valence-electron chi connectivity index (χ4n) is 2.71. The van der Waals surface area contributed by atoms with Crippen molar-refractivity contribution in [2.45, 2.75) is 32.2 Å². The van der Waals surface area contributed by atoms with Crippen LogP contribution in [0.4, 0.5) is 15.6 Å². The number of nitrogens with one attached hydrogen (secondary N) is 2. The van der Waals surface area contributed by atoms with Crippen molar-refractivity contribution < 1.29 is 17.9 Å². The fourth-order valence-corrected chi connectivity index (χ4v) is 4.85. The van der Waals surface area contributed by atoms with Gasteiger partial charge < -0.3 is 10.1 Å². The topological polar surface area (TPSA) is 110 Å². The van der Waals surface area contributed by atoms with E-state index in [0.29, 0.717) is 29.1 Å². The number of sulfone groups is 1. The number of carbonyl (C=O) groups excluding carboxylic acids is 1. The lowest BCUT2D eigenvalue weighted by Crippen LogP contribution is -2.20. The number of aromatic nitrogens is 2. The average molecular weight is 475 g/mol. The Balaban J connectivity index is 1.58. The lowest BCUT2D eigenvalue weighted by atomic mass is 10.2. The standard InChI is InChI=1S/C22H26N4O4S2/c1-15(2)14-30-19-12-16(3)7-8-18(19)25-21(27)26-22-24-13-17(31-22)9-11-32(28,29)20-6-4-5-10-23-20/h4-8,10,12-13,15H,9,11,14H2,1-3H3,(H2,24,25,26,27). The van der Waals surface area contributed by atoms with E-state index in [1.54, 1.807) is 24.4 Å². The molecule has 0 spiro atoms. The van der Waals surface area contributed by atoms with Crippen molar-refractivity contribution in [2.75, 3.05) is 23.0 Å². The summed E-state index contributed by atoms with van der Waals surface area (Å²) in [5, 5.41) is 5.90. The van der Waals surface area contributed by atoms with Crippen LogP contribution in [0.25, 0.3) is 0 Å². The van der Waals surface area contributed by atoms with E-state index in [0.717, 1.165) is 10.4 Å². The number of urea groups is 1. The second-order valence-electron chi connectivity index (χ2n) is 7.65. The number of rotatable bonds is 9. The molecule has 0 aliphatic heterocycles. The van der Waals surface area contributed by atoms with Crippen molar-refractivity contribution >= 4 is 38.0 Å². The fraction of sp³-hybridized carbons (Fsp3) is 0.318. The Kier molecular flexibility index (Phi) is 7.81. The molecule has 0 radical (unpaired) electrons. The van der Waals surface area contributed by atoms with Gasteiger partial charge in [-0.1, -0.05) is 26.0 Å². The van der Waals surface area contributed by atoms with E-state index in [2.05, 4.69) is 34.4 Å². The van der Waals surface area contributed by atoms with Crippen LogP contribution in [0.5, 0.6) is 5.75 Å². The summed E-state index contributed by atoms with van der Waals surface area (Å²) in [6.07, 6.45) is 3.30. The van der Waals surface area contributed by atoms with Crippen LogP contribution in [0.1, 0.15) is 24.3 Å². The molecular formula is C22H26N4O4S2. The highest BCUT2D eigenvalue weighted by Crippen LogP contribution is 2.27. The summed E-state index contributed by atoms with van der Waals surface area (Å²) in [5.41, 5.74) is 1.59. The lowest BCUT2D eigenvalue weighted by molar-refractivity contribution is 0.260. The quantitative estimate of drug-likeness (QED) is 0.471. The number of nitrogens with zero attached hydrogens (tertiary/aromatic N) is 2. The molecule has 0 saturated heterocycles. The Morgan fingerprint density at radius 2 is 1.97 bits per heavy atom. The predicted molar refractivity (Wildman–Crippen MR) is 126 cm³/mol. The molecular weight excluding hydrogens is 448 g/mol. The largest absolute Gasteiger partial charge is 0.491 e. The molecule has 170 valence electrons. The number of anilines is 2. The second kappa shape index (κ2) is 10.6. The van der Waals surface area contributed by atoms with Gasteiger partial charge in [0.1, 0.15) is 5.75 Å². The maximum atomic E-state index is 12.5. The Labute approximate surface area is 192 Å². The van der Waals surface area contributed by atoms with E-state index in [9.17, 15) is 13.2 Å². The van der Waals surface area contributed by atoms with Crippen molar-refractivity contribution in [3.05, 3.63) is 59.2 Å². The van der Waals surface area contributed by atoms with Gasteiger partial charge in [-0.25, -0.2) is 23.2 Å². The Hall–Kier alpha value is -2.98. The number of aryl methyl sites for hydroxylation is 2. The summed E-state index contributed by atoms with van der Waals surface area (Å²) in [6.45, 7) is 6.60. The Morgan fingerprint density at radius 3 is 2.69 bits per heavy atom. The number of thiazole rings is 1. The molecule has 8 nitrogen and oxygen atoms in total. The van der Waals surface area contributed by atoms with Crippen LogP contribution in [-0.2, 0) is 16.3 Å². The molecule has 0 aliphatic carbocycles. The molecule has 2 amide bonds. The number of benzene rings is 1. The normalized spacial score (nSPS) is 11.4.